The van der Waals surface area contributed by atoms with Crippen LogP contribution >= 0.6 is 11.8 Å². The number of carboxylic acid groups (broad SMARTS) is 2. The summed E-state index contributed by atoms with van der Waals surface area (Å²) >= 11 is 1.38. The highest BCUT2D eigenvalue weighted by Crippen LogP contribution is 2.19. The number of amides is 4. The van der Waals surface area contributed by atoms with Crippen LogP contribution in [0.3, 0.4) is 0 Å². The summed E-state index contributed by atoms with van der Waals surface area (Å²) in [6.45, 7) is 0. The summed E-state index contributed by atoms with van der Waals surface area (Å²) < 4.78 is 0. The molecule has 4 unspecified atom stereocenters. The van der Waals surface area contributed by atoms with E-state index in [9.17, 15) is 33.9 Å². The van der Waals surface area contributed by atoms with Gasteiger partial charge in [0.1, 0.15) is 18.1 Å². The van der Waals surface area contributed by atoms with Crippen molar-refractivity contribution < 1.29 is 39.0 Å². The average Bonchev–Trinajstić information content (AvgIpc) is 3.30. The number of H-pyrrole nitrogens is 1. The number of hydrogen-bond donors (Lipinski definition) is 8. The maximum Gasteiger partial charge on any atom is 0.326 e. The number of rotatable bonds is 17. The Labute approximate surface area is 234 Å². The Balaban J connectivity index is 2.29. The highest BCUT2D eigenvalue weighted by atomic mass is 32.2. The molecular weight excluding hydrogens is 544 g/mol. The van der Waals surface area contributed by atoms with E-state index in [1.54, 1.807) is 24.6 Å². The molecule has 4 atom stereocenters. The van der Waals surface area contributed by atoms with Crippen LogP contribution in [0.5, 0.6) is 0 Å². The van der Waals surface area contributed by atoms with Crippen LogP contribution in [0.15, 0.2) is 30.5 Å². The van der Waals surface area contributed by atoms with Crippen LogP contribution in [-0.4, -0.2) is 86.9 Å². The van der Waals surface area contributed by atoms with E-state index in [1.165, 1.54) is 11.8 Å². The number of carbonyl (C=O) groups excluding carboxylic acids is 4. The van der Waals surface area contributed by atoms with E-state index in [2.05, 4.69) is 20.9 Å². The molecule has 0 saturated carbocycles. The molecule has 14 nitrogen and oxygen atoms in total. The molecule has 0 aliphatic heterocycles. The van der Waals surface area contributed by atoms with Crippen molar-refractivity contribution in [3.8, 4) is 0 Å². The smallest absolute Gasteiger partial charge is 0.326 e. The van der Waals surface area contributed by atoms with E-state index in [0.29, 0.717) is 11.3 Å². The van der Waals surface area contributed by atoms with Crippen molar-refractivity contribution in [2.75, 3.05) is 12.0 Å². The first-order chi connectivity index (χ1) is 18.9. The maximum absolute atomic E-state index is 13.4. The molecule has 2 aromatic rings. The zero-order chi connectivity index (χ0) is 29.8. The Hall–Kier alpha value is -4.11. The molecule has 1 aromatic heterocycles. The second-order valence-corrected chi connectivity index (χ2v) is 10.1. The fourth-order valence-electron chi connectivity index (χ4n) is 3.87. The van der Waals surface area contributed by atoms with Gasteiger partial charge >= 0.3 is 11.9 Å². The SMILES string of the molecule is CSCCC(NC(=O)C(CC(N)=O)NC(=O)C(Cc1c[nH]c2ccccc12)NC(=O)C(N)CCC(=O)O)C(=O)O. The number of aromatic nitrogens is 1. The van der Waals surface area contributed by atoms with Gasteiger partial charge in [-0.25, -0.2) is 4.79 Å². The molecule has 40 heavy (non-hydrogen) atoms. The minimum Gasteiger partial charge on any atom is -0.481 e. The van der Waals surface area contributed by atoms with Crippen LogP contribution in [0, 0.1) is 0 Å². The first-order valence-electron chi connectivity index (χ1n) is 12.4. The van der Waals surface area contributed by atoms with Crippen LogP contribution in [-0.2, 0) is 35.2 Å². The molecule has 218 valence electrons. The molecule has 0 bridgehead atoms. The van der Waals surface area contributed by atoms with Crippen molar-refractivity contribution in [2.24, 2.45) is 11.5 Å². The van der Waals surface area contributed by atoms with Crippen molar-refractivity contribution in [3.63, 3.8) is 0 Å². The Morgan fingerprint density at radius 3 is 2.17 bits per heavy atom. The summed E-state index contributed by atoms with van der Waals surface area (Å²) in [5, 5.41) is 26.3. The number of benzene rings is 1. The summed E-state index contributed by atoms with van der Waals surface area (Å²) in [4.78, 5) is 76.3. The summed E-state index contributed by atoms with van der Waals surface area (Å²) in [6.07, 6.45) is 2.30. The average molecular weight is 579 g/mol. The molecule has 0 fully saturated rings. The van der Waals surface area contributed by atoms with E-state index < -0.39 is 66.2 Å². The number of para-hydroxylation sites is 1. The normalized spacial score (nSPS) is 13.9. The van der Waals surface area contributed by atoms with Crippen LogP contribution in [0.4, 0.5) is 0 Å². The number of carboxylic acids is 2. The van der Waals surface area contributed by atoms with Gasteiger partial charge in [-0.15, -0.1) is 0 Å². The van der Waals surface area contributed by atoms with Gasteiger partial charge in [-0.2, -0.15) is 11.8 Å². The molecule has 0 aliphatic carbocycles. The fourth-order valence-corrected chi connectivity index (χ4v) is 4.34. The van der Waals surface area contributed by atoms with E-state index in [4.69, 9.17) is 16.6 Å². The lowest BCUT2D eigenvalue weighted by Crippen LogP contribution is -2.58. The van der Waals surface area contributed by atoms with Crippen molar-refractivity contribution in [2.45, 2.75) is 56.3 Å². The maximum atomic E-state index is 13.4. The highest BCUT2D eigenvalue weighted by molar-refractivity contribution is 7.98. The third-order valence-corrected chi connectivity index (χ3v) is 6.65. The quantitative estimate of drug-likeness (QED) is 0.114. The number of primary amides is 1. The van der Waals surface area contributed by atoms with Gasteiger partial charge in [-0.05, 0) is 36.5 Å². The Morgan fingerprint density at radius 2 is 1.55 bits per heavy atom. The second kappa shape index (κ2) is 15.5. The topological polar surface area (TPSA) is 247 Å². The molecule has 10 N–H and O–H groups in total. The van der Waals surface area contributed by atoms with Gasteiger partial charge in [0.25, 0.3) is 0 Å². The summed E-state index contributed by atoms with van der Waals surface area (Å²) in [6, 6.07) is 1.91. The van der Waals surface area contributed by atoms with Gasteiger partial charge in [0.05, 0.1) is 12.5 Å². The van der Waals surface area contributed by atoms with Gasteiger partial charge in [0.2, 0.25) is 23.6 Å². The zero-order valence-corrected chi connectivity index (χ0v) is 22.7. The van der Waals surface area contributed by atoms with E-state index in [0.717, 1.165) is 10.9 Å². The van der Waals surface area contributed by atoms with Gasteiger partial charge in [0, 0.05) is 29.9 Å². The van der Waals surface area contributed by atoms with Crippen LogP contribution in [0.1, 0.15) is 31.2 Å². The Morgan fingerprint density at radius 1 is 0.925 bits per heavy atom. The van der Waals surface area contributed by atoms with Crippen molar-refractivity contribution in [1.29, 1.82) is 0 Å². The lowest BCUT2D eigenvalue weighted by Gasteiger charge is -2.24. The number of thioether (sulfide) groups is 1. The van der Waals surface area contributed by atoms with Gasteiger partial charge in [-0.3, -0.25) is 24.0 Å². The molecule has 0 aliphatic rings. The third-order valence-electron chi connectivity index (χ3n) is 6.00. The first-order valence-corrected chi connectivity index (χ1v) is 13.8. The van der Waals surface area contributed by atoms with Crippen LogP contribution in [0.2, 0.25) is 0 Å². The monoisotopic (exact) mass is 578 g/mol. The van der Waals surface area contributed by atoms with Crippen molar-refractivity contribution in [3.05, 3.63) is 36.0 Å². The molecule has 0 radical (unpaired) electrons. The number of aromatic amines is 1. The molecule has 1 aromatic carbocycles. The highest BCUT2D eigenvalue weighted by Gasteiger charge is 2.31. The van der Waals surface area contributed by atoms with Gasteiger partial charge in [0.15, 0.2) is 0 Å². The Kier molecular flexibility index (Phi) is 12.4. The number of hydrogen-bond acceptors (Lipinski definition) is 8. The number of nitrogens with two attached hydrogens (primary N) is 2. The largest absolute Gasteiger partial charge is 0.481 e. The lowest BCUT2D eigenvalue weighted by molar-refractivity contribution is -0.142. The minimum absolute atomic E-state index is 0.0520. The van der Waals surface area contributed by atoms with Crippen LogP contribution in [0.25, 0.3) is 10.9 Å². The zero-order valence-electron chi connectivity index (χ0n) is 21.8. The van der Waals surface area contributed by atoms with E-state index in [-0.39, 0.29) is 25.7 Å². The number of fused-ring (bicyclic) bond motifs is 1. The second-order valence-electron chi connectivity index (χ2n) is 9.08. The summed E-state index contributed by atoms with van der Waals surface area (Å²) in [7, 11) is 0. The molecule has 0 saturated heterocycles. The summed E-state index contributed by atoms with van der Waals surface area (Å²) in [5.74, 6) is -5.51. The molecule has 2 rings (SSSR count). The van der Waals surface area contributed by atoms with Crippen molar-refractivity contribution in [1.82, 2.24) is 20.9 Å². The predicted molar refractivity (Wildman–Crippen MR) is 147 cm³/mol. The van der Waals surface area contributed by atoms with E-state index in [1.807, 2.05) is 12.1 Å². The molecule has 4 amide bonds. The minimum atomic E-state index is -1.52. The molecule has 0 spiro atoms. The van der Waals surface area contributed by atoms with Gasteiger partial charge in [-0.1, -0.05) is 18.2 Å². The van der Waals surface area contributed by atoms with Crippen LogP contribution < -0.4 is 27.4 Å². The molecular formula is C25H34N6O8S. The first kappa shape index (κ1) is 32.1. The third kappa shape index (κ3) is 9.89. The number of aliphatic carboxylic acids is 2. The summed E-state index contributed by atoms with van der Waals surface area (Å²) in [5.41, 5.74) is 12.5. The number of carbonyl (C=O) groups is 6. The predicted octanol–water partition coefficient (Wildman–Crippen LogP) is -0.930. The van der Waals surface area contributed by atoms with Crippen molar-refractivity contribution >= 4 is 58.2 Å². The number of nitrogens with one attached hydrogen (secondary N) is 4. The standard InChI is InChI=1S/C25H34N6O8S/c1-40-9-8-17(25(38)39)29-24(37)19(11-20(27)32)31-23(36)18(30-22(35)15(26)6-7-21(33)34)10-13-12-28-16-5-3-2-4-14(13)16/h2-5,12,15,17-19,28H,6-11,26H2,1H3,(H2,27,32)(H,29,37)(H,30,35)(H,31,36)(H,33,34)(H,38,39). The van der Waals surface area contributed by atoms with Gasteiger partial charge < -0.3 is 42.6 Å². The molecule has 15 heteroatoms. The molecule has 1 heterocycles. The fraction of sp³-hybridized carbons (Fsp3) is 0.440. The van der Waals surface area contributed by atoms with E-state index >= 15 is 0 Å². The lowest BCUT2D eigenvalue weighted by atomic mass is 10.0. The Bertz CT molecular complexity index is 1230.